The van der Waals surface area contributed by atoms with E-state index in [0.29, 0.717) is 32.4 Å². The summed E-state index contributed by atoms with van der Waals surface area (Å²) in [7, 11) is 0. The van der Waals surface area contributed by atoms with Gasteiger partial charge in [-0.2, -0.15) is 0 Å². The molecule has 1 saturated heterocycles. The summed E-state index contributed by atoms with van der Waals surface area (Å²) in [6.45, 7) is 5.00. The lowest BCUT2D eigenvalue weighted by atomic mass is 10.1. The Labute approximate surface area is 113 Å². The van der Waals surface area contributed by atoms with Crippen LogP contribution in [0.25, 0.3) is 0 Å². The van der Waals surface area contributed by atoms with Crippen LogP contribution >= 0.6 is 0 Å². The molecule has 0 unspecified atom stereocenters. The smallest absolute Gasteiger partial charge is 0.229 e. The number of hydrogen-bond acceptors (Lipinski definition) is 3. The average molecular weight is 261 g/mol. The van der Waals surface area contributed by atoms with Crippen molar-refractivity contribution in [1.29, 1.82) is 0 Å². The maximum absolute atomic E-state index is 11.4. The summed E-state index contributed by atoms with van der Waals surface area (Å²) in [6.07, 6.45) is 1.39. The lowest BCUT2D eigenvalue weighted by Crippen LogP contribution is -2.30. The molecule has 0 aromatic heterocycles. The molecule has 1 aromatic rings. The molecule has 0 atom stereocenters. The van der Waals surface area contributed by atoms with Crippen molar-refractivity contribution in [2.45, 2.75) is 33.1 Å². The molecule has 0 saturated carbocycles. The molecule has 4 nitrogen and oxygen atoms in total. The number of hydrogen-bond donors (Lipinski definition) is 0. The van der Waals surface area contributed by atoms with Crippen LogP contribution in [0.15, 0.2) is 18.2 Å². The van der Waals surface area contributed by atoms with Gasteiger partial charge in [0.25, 0.3) is 0 Å². The Hall–Kier alpha value is -1.84. The zero-order valence-corrected chi connectivity index (χ0v) is 11.4. The topological polar surface area (TPSA) is 46.6 Å². The van der Waals surface area contributed by atoms with Crippen molar-refractivity contribution >= 4 is 11.8 Å². The number of nitrogens with zero attached hydrogens (tertiary/aromatic N) is 1. The van der Waals surface area contributed by atoms with E-state index in [0.717, 1.165) is 16.9 Å². The number of rotatable bonds is 5. The molecule has 2 amide bonds. The highest BCUT2D eigenvalue weighted by atomic mass is 16.5. The Morgan fingerprint density at radius 1 is 1.11 bits per heavy atom. The van der Waals surface area contributed by atoms with Gasteiger partial charge >= 0.3 is 0 Å². The van der Waals surface area contributed by atoms with E-state index in [9.17, 15) is 9.59 Å². The Morgan fingerprint density at radius 2 is 1.68 bits per heavy atom. The van der Waals surface area contributed by atoms with Gasteiger partial charge in [0.1, 0.15) is 5.75 Å². The van der Waals surface area contributed by atoms with Crippen molar-refractivity contribution in [3.63, 3.8) is 0 Å². The van der Waals surface area contributed by atoms with Gasteiger partial charge in [0.05, 0.1) is 6.61 Å². The van der Waals surface area contributed by atoms with Crippen molar-refractivity contribution in [3.8, 4) is 5.75 Å². The van der Waals surface area contributed by atoms with Crippen molar-refractivity contribution in [1.82, 2.24) is 4.90 Å². The Bertz CT molecular complexity index is 460. The maximum atomic E-state index is 11.4. The third kappa shape index (κ3) is 3.13. The van der Waals surface area contributed by atoms with E-state index in [4.69, 9.17) is 4.74 Å². The zero-order valence-electron chi connectivity index (χ0n) is 11.4. The van der Waals surface area contributed by atoms with Crippen LogP contribution in [-0.2, 0) is 9.59 Å². The molecule has 0 radical (unpaired) electrons. The van der Waals surface area contributed by atoms with Gasteiger partial charge in [-0.25, -0.2) is 0 Å². The minimum Gasteiger partial charge on any atom is -0.493 e. The Balaban J connectivity index is 1.81. The first kappa shape index (κ1) is 13.6. The van der Waals surface area contributed by atoms with E-state index < -0.39 is 0 Å². The first-order valence-corrected chi connectivity index (χ1v) is 6.62. The van der Waals surface area contributed by atoms with Crippen LogP contribution in [0, 0.1) is 13.8 Å². The van der Waals surface area contributed by atoms with Gasteiger partial charge in [-0.1, -0.05) is 18.2 Å². The fourth-order valence-corrected chi connectivity index (χ4v) is 2.30. The SMILES string of the molecule is Cc1cccc(C)c1OCCCN1C(=O)CCC1=O. The summed E-state index contributed by atoms with van der Waals surface area (Å²) >= 11 is 0. The zero-order chi connectivity index (χ0) is 13.8. The molecule has 1 aliphatic heterocycles. The quantitative estimate of drug-likeness (QED) is 0.603. The van der Waals surface area contributed by atoms with E-state index in [1.807, 2.05) is 32.0 Å². The fraction of sp³-hybridized carbons (Fsp3) is 0.467. The summed E-state index contributed by atoms with van der Waals surface area (Å²) < 4.78 is 5.75. The number of ether oxygens (including phenoxy) is 1. The number of imide groups is 1. The molecule has 1 heterocycles. The summed E-state index contributed by atoms with van der Waals surface area (Å²) in [5.74, 6) is 0.788. The molecule has 102 valence electrons. The van der Waals surface area contributed by atoms with Crippen molar-refractivity contribution in [3.05, 3.63) is 29.3 Å². The van der Waals surface area contributed by atoms with Crippen LogP contribution in [0.3, 0.4) is 0 Å². The van der Waals surface area contributed by atoms with E-state index in [2.05, 4.69) is 0 Å². The van der Waals surface area contributed by atoms with Crippen molar-refractivity contribution < 1.29 is 14.3 Å². The number of para-hydroxylation sites is 1. The molecule has 1 aromatic carbocycles. The second-order valence-electron chi connectivity index (χ2n) is 4.86. The number of carbonyl (C=O) groups excluding carboxylic acids is 2. The number of benzene rings is 1. The Morgan fingerprint density at radius 3 is 2.26 bits per heavy atom. The second-order valence-corrected chi connectivity index (χ2v) is 4.86. The molecule has 4 heteroatoms. The predicted molar refractivity (Wildman–Crippen MR) is 72.0 cm³/mol. The van der Waals surface area contributed by atoms with Gasteiger partial charge in [-0.15, -0.1) is 0 Å². The number of amides is 2. The summed E-state index contributed by atoms with van der Waals surface area (Å²) in [6, 6.07) is 6.02. The van der Waals surface area contributed by atoms with Crippen LogP contribution in [-0.4, -0.2) is 29.9 Å². The largest absolute Gasteiger partial charge is 0.493 e. The molecule has 1 aliphatic rings. The van der Waals surface area contributed by atoms with Gasteiger partial charge in [-0.3, -0.25) is 14.5 Å². The van der Waals surface area contributed by atoms with Crippen LogP contribution in [0.2, 0.25) is 0 Å². The first-order chi connectivity index (χ1) is 9.09. The molecule has 1 fully saturated rings. The molecule has 2 rings (SSSR count). The molecule has 0 bridgehead atoms. The number of carbonyl (C=O) groups is 2. The molecule has 19 heavy (non-hydrogen) atoms. The molecular formula is C15H19NO3. The second kappa shape index (κ2) is 5.87. The monoisotopic (exact) mass is 261 g/mol. The van der Waals surface area contributed by atoms with Gasteiger partial charge in [0.2, 0.25) is 11.8 Å². The predicted octanol–water partition coefficient (Wildman–Crippen LogP) is 2.22. The summed E-state index contributed by atoms with van der Waals surface area (Å²) in [5.41, 5.74) is 2.21. The van der Waals surface area contributed by atoms with Gasteiger partial charge < -0.3 is 4.74 Å². The minimum absolute atomic E-state index is 0.0583. The van der Waals surface area contributed by atoms with Crippen LogP contribution in [0.5, 0.6) is 5.75 Å². The maximum Gasteiger partial charge on any atom is 0.229 e. The average Bonchev–Trinajstić information content (AvgIpc) is 2.68. The number of aryl methyl sites for hydroxylation is 2. The van der Waals surface area contributed by atoms with E-state index in [-0.39, 0.29) is 11.8 Å². The van der Waals surface area contributed by atoms with Gasteiger partial charge in [-0.05, 0) is 31.4 Å². The molecular weight excluding hydrogens is 242 g/mol. The first-order valence-electron chi connectivity index (χ1n) is 6.62. The third-order valence-corrected chi connectivity index (χ3v) is 3.34. The lowest BCUT2D eigenvalue weighted by Gasteiger charge is -2.15. The molecule has 0 spiro atoms. The standard InChI is InChI=1S/C15H19NO3/c1-11-5-3-6-12(2)15(11)19-10-4-9-16-13(17)7-8-14(16)18/h3,5-6H,4,7-10H2,1-2H3. The highest BCUT2D eigenvalue weighted by Crippen LogP contribution is 2.22. The summed E-state index contributed by atoms with van der Waals surface area (Å²) in [4.78, 5) is 24.2. The van der Waals surface area contributed by atoms with Crippen LogP contribution in [0.4, 0.5) is 0 Å². The van der Waals surface area contributed by atoms with E-state index >= 15 is 0 Å². The molecule has 0 aliphatic carbocycles. The summed E-state index contributed by atoms with van der Waals surface area (Å²) in [5, 5.41) is 0. The Kier molecular flexibility index (Phi) is 4.20. The van der Waals surface area contributed by atoms with Gasteiger partial charge in [0.15, 0.2) is 0 Å². The van der Waals surface area contributed by atoms with E-state index in [1.54, 1.807) is 0 Å². The third-order valence-electron chi connectivity index (χ3n) is 3.34. The van der Waals surface area contributed by atoms with Gasteiger partial charge in [0, 0.05) is 19.4 Å². The number of likely N-dealkylation sites (tertiary alicyclic amines) is 1. The highest BCUT2D eigenvalue weighted by Gasteiger charge is 2.27. The van der Waals surface area contributed by atoms with Crippen LogP contribution < -0.4 is 4.74 Å². The molecule has 0 N–H and O–H groups in total. The normalized spacial score (nSPS) is 15.2. The highest BCUT2D eigenvalue weighted by molar-refractivity contribution is 6.01. The van der Waals surface area contributed by atoms with Crippen molar-refractivity contribution in [2.75, 3.05) is 13.2 Å². The van der Waals surface area contributed by atoms with Crippen LogP contribution in [0.1, 0.15) is 30.4 Å². The lowest BCUT2D eigenvalue weighted by molar-refractivity contribution is -0.138. The van der Waals surface area contributed by atoms with Crippen molar-refractivity contribution in [2.24, 2.45) is 0 Å². The van der Waals surface area contributed by atoms with E-state index in [1.165, 1.54) is 4.90 Å². The minimum atomic E-state index is -0.0583. The fourth-order valence-electron chi connectivity index (χ4n) is 2.30.